The Bertz CT molecular complexity index is 262. The predicted octanol–water partition coefficient (Wildman–Crippen LogP) is -0.956. The molecule has 82 valence electrons. The van der Waals surface area contributed by atoms with Crippen LogP contribution in [-0.2, 0) is 23.6 Å². The zero-order valence-corrected chi connectivity index (χ0v) is 8.05. The third kappa shape index (κ3) is 2.48. The summed E-state index contributed by atoms with van der Waals surface area (Å²) in [7, 11) is -0.998. The Hall–Kier alpha value is -1.08. The Morgan fingerprint density at radius 1 is 1.27 bits per heavy atom. The number of aliphatic hydroxyl groups is 1. The van der Waals surface area contributed by atoms with Crippen molar-refractivity contribution in [1.82, 2.24) is 0 Å². The van der Waals surface area contributed by atoms with Gasteiger partial charge in [-0.15, -0.1) is 0 Å². The average Bonchev–Trinajstić information content (AvgIpc) is 2.93. The second-order valence-electron chi connectivity index (χ2n) is 3.52. The molecule has 0 aromatic heterocycles. The molecule has 2 aliphatic heterocycles. The van der Waals surface area contributed by atoms with Crippen LogP contribution in [0.1, 0.15) is 19.3 Å². The lowest BCUT2D eigenvalue weighted by molar-refractivity contribution is -0.143. The smallest absolute Gasteiger partial charge is 0.497 e. The van der Waals surface area contributed by atoms with E-state index in [1.807, 2.05) is 0 Å². The number of carbonyl (C=O) groups excluding carboxylic acids is 2. The molecule has 6 nitrogen and oxygen atoms in total. The molecule has 2 rings (SSSR count). The number of epoxide rings is 1. The molecular formula is C8H11BO6. The predicted molar refractivity (Wildman–Crippen MR) is 47.5 cm³/mol. The third-order valence-electron chi connectivity index (χ3n) is 2.33. The molecule has 0 radical (unpaired) electrons. The van der Waals surface area contributed by atoms with Crippen LogP contribution in [0.5, 0.6) is 0 Å². The van der Waals surface area contributed by atoms with Crippen molar-refractivity contribution in [3.63, 3.8) is 0 Å². The highest BCUT2D eigenvalue weighted by Gasteiger charge is 2.55. The number of hydrogen-bond acceptors (Lipinski definition) is 6. The van der Waals surface area contributed by atoms with Gasteiger partial charge >= 0.3 is 7.12 Å². The van der Waals surface area contributed by atoms with E-state index < -0.39 is 31.2 Å². The van der Waals surface area contributed by atoms with Crippen molar-refractivity contribution in [2.75, 3.05) is 6.61 Å². The summed E-state index contributed by atoms with van der Waals surface area (Å²) in [4.78, 5) is 22.3. The standard InChI is InChI=1S/C8H11BO6/c10-4-5-8(13-5)9-14-6(11)2-1-3-7(12)15-9/h5,8,10H,1-4H2/t5-,8?/m0/s1. The van der Waals surface area contributed by atoms with Crippen molar-refractivity contribution in [3.05, 3.63) is 0 Å². The summed E-state index contributed by atoms with van der Waals surface area (Å²) >= 11 is 0. The lowest BCUT2D eigenvalue weighted by atomic mass is 9.81. The highest BCUT2D eigenvalue weighted by molar-refractivity contribution is 6.51. The molecule has 2 heterocycles. The minimum absolute atomic E-state index is 0.170. The zero-order valence-electron chi connectivity index (χ0n) is 8.05. The van der Waals surface area contributed by atoms with Gasteiger partial charge in [-0.25, -0.2) is 0 Å². The first-order chi connectivity index (χ1) is 7.20. The normalized spacial score (nSPS) is 31.4. The summed E-state index contributed by atoms with van der Waals surface area (Å²) in [6.07, 6.45) is 0.471. The van der Waals surface area contributed by atoms with E-state index in [4.69, 9.17) is 19.2 Å². The van der Waals surface area contributed by atoms with E-state index in [0.29, 0.717) is 6.42 Å². The van der Waals surface area contributed by atoms with E-state index in [1.165, 1.54) is 0 Å². The van der Waals surface area contributed by atoms with Crippen LogP contribution in [0, 0.1) is 0 Å². The average molecular weight is 214 g/mol. The van der Waals surface area contributed by atoms with Gasteiger partial charge in [-0.05, 0) is 6.42 Å². The molecule has 2 fully saturated rings. The number of hydrogen-bond donors (Lipinski definition) is 1. The molecule has 2 saturated heterocycles. The molecule has 0 bridgehead atoms. The molecule has 7 heteroatoms. The van der Waals surface area contributed by atoms with E-state index in [1.54, 1.807) is 0 Å². The van der Waals surface area contributed by atoms with Crippen molar-refractivity contribution < 1.29 is 28.7 Å². The largest absolute Gasteiger partial charge is 0.632 e. The Balaban J connectivity index is 1.95. The minimum Gasteiger partial charge on any atom is -0.497 e. The fourth-order valence-electron chi connectivity index (χ4n) is 1.46. The van der Waals surface area contributed by atoms with Crippen LogP contribution in [0.25, 0.3) is 0 Å². The molecule has 0 spiro atoms. The molecule has 2 aliphatic rings. The summed E-state index contributed by atoms with van der Waals surface area (Å²) in [5, 5.41) is 8.76. The van der Waals surface area contributed by atoms with Gasteiger partial charge in [0.05, 0.1) is 6.61 Å². The molecule has 15 heavy (non-hydrogen) atoms. The molecule has 0 amide bonds. The minimum atomic E-state index is -0.998. The molecule has 2 atom stereocenters. The van der Waals surface area contributed by atoms with Gasteiger partial charge in [-0.1, -0.05) is 0 Å². The van der Waals surface area contributed by atoms with Gasteiger partial charge in [-0.3, -0.25) is 9.59 Å². The van der Waals surface area contributed by atoms with Crippen molar-refractivity contribution in [2.24, 2.45) is 0 Å². The van der Waals surface area contributed by atoms with Crippen LogP contribution < -0.4 is 0 Å². The maximum atomic E-state index is 11.1. The topological polar surface area (TPSA) is 85.4 Å². The Morgan fingerprint density at radius 2 is 1.87 bits per heavy atom. The first kappa shape index (κ1) is 10.4. The van der Waals surface area contributed by atoms with Crippen LogP contribution in [0.3, 0.4) is 0 Å². The molecule has 1 N–H and O–H groups in total. The Labute approximate surface area is 86.6 Å². The van der Waals surface area contributed by atoms with Gasteiger partial charge < -0.3 is 19.2 Å². The molecular weight excluding hydrogens is 203 g/mol. The maximum Gasteiger partial charge on any atom is 0.632 e. The molecule has 0 aliphatic carbocycles. The van der Waals surface area contributed by atoms with E-state index in [-0.39, 0.29) is 19.4 Å². The van der Waals surface area contributed by atoms with Crippen LogP contribution in [0.15, 0.2) is 0 Å². The SMILES string of the molecule is O=C1CCCC(=O)OB(C2O[C@H]2CO)O1. The van der Waals surface area contributed by atoms with Gasteiger partial charge in [0.15, 0.2) is 0 Å². The number of aliphatic hydroxyl groups excluding tert-OH is 1. The summed E-state index contributed by atoms with van der Waals surface area (Å²) < 4.78 is 14.8. The highest BCUT2D eigenvalue weighted by atomic mass is 16.7. The van der Waals surface area contributed by atoms with Crippen LogP contribution >= 0.6 is 0 Å². The fraction of sp³-hybridized carbons (Fsp3) is 0.750. The maximum absolute atomic E-state index is 11.1. The zero-order chi connectivity index (χ0) is 10.8. The quantitative estimate of drug-likeness (QED) is 0.470. The van der Waals surface area contributed by atoms with Crippen molar-refractivity contribution in [1.29, 1.82) is 0 Å². The summed E-state index contributed by atoms with van der Waals surface area (Å²) in [5.74, 6) is -0.806. The summed E-state index contributed by atoms with van der Waals surface area (Å²) in [6, 6.07) is -0.513. The number of ether oxygens (including phenoxy) is 1. The first-order valence-corrected chi connectivity index (χ1v) is 4.86. The third-order valence-corrected chi connectivity index (χ3v) is 2.33. The second-order valence-corrected chi connectivity index (χ2v) is 3.52. The van der Waals surface area contributed by atoms with E-state index >= 15 is 0 Å². The molecule has 0 saturated carbocycles. The van der Waals surface area contributed by atoms with Crippen LogP contribution in [-0.4, -0.2) is 42.9 Å². The number of carbonyl (C=O) groups is 2. The van der Waals surface area contributed by atoms with Gasteiger partial charge in [0, 0.05) is 12.8 Å². The monoisotopic (exact) mass is 214 g/mol. The van der Waals surface area contributed by atoms with Gasteiger partial charge in [0.2, 0.25) is 0 Å². The first-order valence-electron chi connectivity index (χ1n) is 4.86. The molecule has 0 aromatic rings. The van der Waals surface area contributed by atoms with Crippen LogP contribution in [0.4, 0.5) is 0 Å². The van der Waals surface area contributed by atoms with Gasteiger partial charge in [-0.2, -0.15) is 0 Å². The Morgan fingerprint density at radius 3 is 2.33 bits per heavy atom. The lowest BCUT2D eigenvalue weighted by Gasteiger charge is -2.15. The van der Waals surface area contributed by atoms with E-state index in [0.717, 1.165) is 0 Å². The van der Waals surface area contributed by atoms with Crippen molar-refractivity contribution >= 4 is 19.1 Å². The molecule has 1 unspecified atom stereocenters. The van der Waals surface area contributed by atoms with Gasteiger partial charge in [0.25, 0.3) is 11.9 Å². The lowest BCUT2D eigenvalue weighted by Crippen LogP contribution is -2.37. The van der Waals surface area contributed by atoms with Gasteiger partial charge in [0.1, 0.15) is 12.1 Å². The molecule has 0 aromatic carbocycles. The van der Waals surface area contributed by atoms with E-state index in [9.17, 15) is 9.59 Å². The summed E-state index contributed by atoms with van der Waals surface area (Å²) in [6.45, 7) is -0.170. The highest BCUT2D eigenvalue weighted by Crippen LogP contribution is 2.26. The fourth-order valence-corrected chi connectivity index (χ4v) is 1.46. The Kier molecular flexibility index (Phi) is 2.92. The van der Waals surface area contributed by atoms with E-state index in [2.05, 4.69) is 0 Å². The van der Waals surface area contributed by atoms with Crippen molar-refractivity contribution in [3.8, 4) is 0 Å². The number of rotatable bonds is 2. The van der Waals surface area contributed by atoms with Crippen LogP contribution in [0.2, 0.25) is 0 Å². The summed E-state index contributed by atoms with van der Waals surface area (Å²) in [5.41, 5.74) is 0. The second kappa shape index (κ2) is 4.20. The van der Waals surface area contributed by atoms with Crippen molar-refractivity contribution in [2.45, 2.75) is 31.4 Å².